The smallest absolute Gasteiger partial charge is 0.192 e. The molecule has 0 aliphatic heterocycles. The molecule has 0 radical (unpaired) electrons. The van der Waals surface area contributed by atoms with Gasteiger partial charge in [0.25, 0.3) is 0 Å². The predicted molar refractivity (Wildman–Crippen MR) is 132 cm³/mol. The van der Waals surface area contributed by atoms with E-state index in [0.29, 0.717) is 13.2 Å². The Labute approximate surface area is 191 Å². The van der Waals surface area contributed by atoms with E-state index in [1.54, 1.807) is 13.2 Å². The summed E-state index contributed by atoms with van der Waals surface area (Å²) in [4.78, 5) is 13.2. The number of benzene rings is 1. The highest BCUT2D eigenvalue weighted by Crippen LogP contribution is 2.40. The van der Waals surface area contributed by atoms with Gasteiger partial charge in [-0.05, 0) is 49.7 Å². The van der Waals surface area contributed by atoms with Crippen LogP contribution in [0.2, 0.25) is 18.1 Å². The van der Waals surface area contributed by atoms with Gasteiger partial charge in [0.15, 0.2) is 8.32 Å². The summed E-state index contributed by atoms with van der Waals surface area (Å²) in [6, 6.07) is 7.88. The van der Waals surface area contributed by atoms with E-state index in [9.17, 15) is 4.79 Å². The maximum absolute atomic E-state index is 13.2. The third kappa shape index (κ3) is 7.58. The first kappa shape index (κ1) is 27.6. The molecule has 4 nitrogen and oxygen atoms in total. The monoisotopic (exact) mass is 448 g/mol. The lowest BCUT2D eigenvalue weighted by Gasteiger charge is -2.43. The van der Waals surface area contributed by atoms with Gasteiger partial charge in [0.1, 0.15) is 11.5 Å². The van der Waals surface area contributed by atoms with Crippen molar-refractivity contribution in [1.29, 1.82) is 0 Å². The van der Waals surface area contributed by atoms with Crippen LogP contribution >= 0.6 is 0 Å². The van der Waals surface area contributed by atoms with Gasteiger partial charge < -0.3 is 13.9 Å². The van der Waals surface area contributed by atoms with Crippen molar-refractivity contribution >= 4 is 14.1 Å². The van der Waals surface area contributed by atoms with Gasteiger partial charge in [0, 0.05) is 17.3 Å². The van der Waals surface area contributed by atoms with Gasteiger partial charge in [0.05, 0.1) is 26.4 Å². The summed E-state index contributed by atoms with van der Waals surface area (Å²) in [5.74, 6) is 0.819. The Balaban J connectivity index is 2.97. The van der Waals surface area contributed by atoms with Crippen LogP contribution in [0.5, 0.6) is 5.75 Å². The fourth-order valence-electron chi connectivity index (χ4n) is 3.24. The number of rotatable bonds is 12. The molecule has 0 spiro atoms. The number of methoxy groups -OCH3 is 1. The molecule has 0 fully saturated rings. The van der Waals surface area contributed by atoms with Crippen molar-refractivity contribution in [3.63, 3.8) is 0 Å². The van der Waals surface area contributed by atoms with Crippen molar-refractivity contribution in [2.24, 2.45) is 17.3 Å². The minimum Gasteiger partial charge on any atom is -0.497 e. The third-order valence-corrected chi connectivity index (χ3v) is 11.1. The van der Waals surface area contributed by atoms with Gasteiger partial charge in [0.2, 0.25) is 0 Å². The van der Waals surface area contributed by atoms with Crippen molar-refractivity contribution in [2.45, 2.75) is 79.3 Å². The van der Waals surface area contributed by atoms with Crippen LogP contribution in [0, 0.1) is 17.3 Å². The molecule has 0 N–H and O–H groups in total. The van der Waals surface area contributed by atoms with Crippen LogP contribution in [0.25, 0.3) is 0 Å². The molecule has 0 aliphatic carbocycles. The lowest BCUT2D eigenvalue weighted by atomic mass is 9.78. The van der Waals surface area contributed by atoms with Crippen LogP contribution in [0.4, 0.5) is 0 Å². The molecule has 5 heteroatoms. The first-order valence-corrected chi connectivity index (χ1v) is 14.1. The Bertz CT molecular complexity index is 716. The van der Waals surface area contributed by atoms with Crippen molar-refractivity contribution in [3.8, 4) is 5.75 Å². The first-order valence-electron chi connectivity index (χ1n) is 11.2. The summed E-state index contributed by atoms with van der Waals surface area (Å²) in [6.07, 6.45) is 1.53. The zero-order chi connectivity index (χ0) is 24.0. The molecule has 0 heterocycles. The first-order chi connectivity index (χ1) is 14.2. The third-order valence-electron chi connectivity index (χ3n) is 6.66. The molecule has 0 amide bonds. The quantitative estimate of drug-likeness (QED) is 0.265. The fourth-order valence-corrected chi connectivity index (χ4v) is 4.71. The molecule has 0 saturated heterocycles. The van der Waals surface area contributed by atoms with Crippen LogP contribution in [0.1, 0.15) is 54.0 Å². The van der Waals surface area contributed by atoms with Crippen molar-refractivity contribution in [1.82, 2.24) is 0 Å². The number of hydrogen-bond acceptors (Lipinski definition) is 4. The molecule has 1 rings (SSSR count). The van der Waals surface area contributed by atoms with E-state index in [-0.39, 0.29) is 28.8 Å². The normalized spacial score (nSPS) is 15.8. The fraction of sp³-hybridized carbons (Fsp3) is 0.654. The summed E-state index contributed by atoms with van der Waals surface area (Å²) in [5, 5.41) is 0.0612. The number of ketones is 1. The Morgan fingerprint density at radius 3 is 2.10 bits per heavy atom. The maximum Gasteiger partial charge on any atom is 0.192 e. The Morgan fingerprint density at radius 2 is 1.65 bits per heavy atom. The number of carbonyl (C=O) groups excluding carboxylic acids is 1. The highest BCUT2D eigenvalue weighted by molar-refractivity contribution is 6.74. The minimum atomic E-state index is -2.07. The van der Waals surface area contributed by atoms with Gasteiger partial charge in [-0.15, -0.1) is 6.58 Å². The van der Waals surface area contributed by atoms with Crippen LogP contribution in [0.3, 0.4) is 0 Å². The summed E-state index contributed by atoms with van der Waals surface area (Å²) >= 11 is 0. The second-order valence-electron chi connectivity index (χ2n) is 10.8. The Hall–Kier alpha value is -1.43. The van der Waals surface area contributed by atoms with E-state index in [0.717, 1.165) is 11.3 Å². The maximum atomic E-state index is 13.2. The van der Waals surface area contributed by atoms with E-state index < -0.39 is 13.7 Å². The van der Waals surface area contributed by atoms with Crippen molar-refractivity contribution in [2.75, 3.05) is 13.7 Å². The molecular weight excluding hydrogens is 404 g/mol. The summed E-state index contributed by atoms with van der Waals surface area (Å²) < 4.78 is 18.1. The predicted octanol–water partition coefficient (Wildman–Crippen LogP) is 6.66. The molecule has 176 valence electrons. The van der Waals surface area contributed by atoms with Gasteiger partial charge in [-0.3, -0.25) is 4.79 Å². The van der Waals surface area contributed by atoms with E-state index >= 15 is 0 Å². The molecule has 0 saturated carbocycles. The number of allylic oxidation sites excluding steroid dienone is 1. The number of carbonyl (C=O) groups is 1. The molecule has 3 atom stereocenters. The Kier molecular flexibility index (Phi) is 9.73. The van der Waals surface area contributed by atoms with Crippen LogP contribution in [0.15, 0.2) is 36.9 Å². The zero-order valence-electron chi connectivity index (χ0n) is 21.4. The highest BCUT2D eigenvalue weighted by Gasteiger charge is 2.44. The molecule has 1 aromatic carbocycles. The number of hydrogen-bond donors (Lipinski definition) is 0. The molecule has 0 unspecified atom stereocenters. The van der Waals surface area contributed by atoms with Crippen molar-refractivity contribution in [3.05, 3.63) is 42.5 Å². The zero-order valence-corrected chi connectivity index (χ0v) is 22.4. The Morgan fingerprint density at radius 1 is 1.10 bits per heavy atom. The lowest BCUT2D eigenvalue weighted by Crippen LogP contribution is -2.50. The van der Waals surface area contributed by atoms with E-state index in [1.807, 2.05) is 45.0 Å². The van der Waals surface area contributed by atoms with Gasteiger partial charge in [-0.1, -0.05) is 52.8 Å². The van der Waals surface area contributed by atoms with Crippen molar-refractivity contribution < 1.29 is 18.7 Å². The minimum absolute atomic E-state index is 0.0612. The number of Topliss-reactive ketones (excluding diaryl/α,β-unsaturated/α-hetero) is 1. The molecular formula is C26H44O4Si. The molecule has 0 aromatic heterocycles. The van der Waals surface area contributed by atoms with E-state index in [4.69, 9.17) is 13.9 Å². The van der Waals surface area contributed by atoms with Crippen LogP contribution in [-0.4, -0.2) is 33.9 Å². The van der Waals surface area contributed by atoms with E-state index in [2.05, 4.69) is 47.4 Å². The average molecular weight is 449 g/mol. The topological polar surface area (TPSA) is 44.8 Å². The molecule has 31 heavy (non-hydrogen) atoms. The van der Waals surface area contributed by atoms with Gasteiger partial charge in [-0.25, -0.2) is 0 Å². The highest BCUT2D eigenvalue weighted by atomic mass is 28.4. The molecule has 0 aliphatic rings. The standard InChI is InChI=1S/C26H44O4Si/c1-12-26(7,8)24(27)20(3)23(30-31(10,11)25(4,5)6)19(2)17-29-18-21-13-15-22(28-9)16-14-21/h12-16,19-20,23H,1,17-18H2,2-11H3/t19-,20+,23-/m0/s1. The second kappa shape index (κ2) is 10.9. The molecule has 0 bridgehead atoms. The molecule has 1 aromatic rings. The summed E-state index contributed by atoms with van der Waals surface area (Å²) in [7, 11) is -0.411. The SMILES string of the molecule is C=CC(C)(C)C(=O)[C@H](C)[C@@H](O[Si](C)(C)C(C)(C)C)[C@@H](C)COCc1ccc(OC)cc1. The number of ether oxygens (including phenoxy) is 2. The summed E-state index contributed by atoms with van der Waals surface area (Å²) in [5.41, 5.74) is 0.504. The van der Waals surface area contributed by atoms with Gasteiger partial charge >= 0.3 is 0 Å². The van der Waals surface area contributed by atoms with Crippen LogP contribution < -0.4 is 4.74 Å². The van der Waals surface area contributed by atoms with Crippen LogP contribution in [-0.2, 0) is 20.6 Å². The van der Waals surface area contributed by atoms with E-state index in [1.165, 1.54) is 0 Å². The second-order valence-corrected chi connectivity index (χ2v) is 15.5. The average Bonchev–Trinajstić information content (AvgIpc) is 2.70. The van der Waals surface area contributed by atoms with Gasteiger partial charge in [-0.2, -0.15) is 0 Å². The largest absolute Gasteiger partial charge is 0.497 e. The summed E-state index contributed by atoms with van der Waals surface area (Å²) in [6.45, 7) is 24.0. The lowest BCUT2D eigenvalue weighted by molar-refractivity contribution is -0.133.